The predicted octanol–water partition coefficient (Wildman–Crippen LogP) is 2.68. The minimum atomic E-state index is -0.453. The number of nitriles is 1. The second-order valence-corrected chi connectivity index (χ2v) is 4.83. The molecule has 0 saturated heterocycles. The van der Waals surface area contributed by atoms with Gasteiger partial charge in [0.15, 0.2) is 0 Å². The molecule has 1 aliphatic carbocycles. The summed E-state index contributed by atoms with van der Waals surface area (Å²) in [6.45, 7) is 2.14. The summed E-state index contributed by atoms with van der Waals surface area (Å²) >= 11 is 0. The summed E-state index contributed by atoms with van der Waals surface area (Å²) in [5, 5.41) is 23.9. The fraction of sp³-hybridized carbons (Fsp3) is 0.667. The van der Waals surface area contributed by atoms with E-state index in [-0.39, 0.29) is 17.6 Å². The first-order valence-corrected chi connectivity index (χ1v) is 6.23. The maximum Gasteiger partial charge on any atom is 0.307 e. The standard InChI is InChI=1S/C12H16N4O2/c1-2-9-3-4-10(6-13)12(5-9)15-8-11(7-14-15)16(17)18/h7-10,12H,2-5H2,1H3. The second-order valence-electron chi connectivity index (χ2n) is 4.83. The van der Waals surface area contributed by atoms with Crippen LogP contribution in [-0.4, -0.2) is 14.7 Å². The lowest BCUT2D eigenvalue weighted by atomic mass is 9.78. The average Bonchev–Trinajstić information content (AvgIpc) is 2.87. The van der Waals surface area contributed by atoms with Crippen molar-refractivity contribution in [1.29, 1.82) is 5.26 Å². The molecule has 96 valence electrons. The minimum Gasteiger partial charge on any atom is -0.261 e. The van der Waals surface area contributed by atoms with Crippen LogP contribution in [-0.2, 0) is 0 Å². The molecule has 1 saturated carbocycles. The van der Waals surface area contributed by atoms with Crippen molar-refractivity contribution < 1.29 is 4.92 Å². The van der Waals surface area contributed by atoms with Crippen LogP contribution in [0.25, 0.3) is 0 Å². The van der Waals surface area contributed by atoms with Gasteiger partial charge in [-0.1, -0.05) is 13.3 Å². The third-order valence-corrected chi connectivity index (χ3v) is 3.81. The van der Waals surface area contributed by atoms with E-state index in [9.17, 15) is 15.4 Å². The lowest BCUT2D eigenvalue weighted by Gasteiger charge is -2.32. The van der Waals surface area contributed by atoms with Gasteiger partial charge in [0.2, 0.25) is 0 Å². The predicted molar refractivity (Wildman–Crippen MR) is 64.7 cm³/mol. The molecule has 1 aromatic rings. The zero-order chi connectivity index (χ0) is 13.1. The van der Waals surface area contributed by atoms with Crippen LogP contribution in [0.4, 0.5) is 5.69 Å². The highest BCUT2D eigenvalue weighted by molar-refractivity contribution is 5.21. The van der Waals surface area contributed by atoms with Crippen LogP contribution >= 0.6 is 0 Å². The van der Waals surface area contributed by atoms with Crippen molar-refractivity contribution in [3.8, 4) is 6.07 Å². The summed E-state index contributed by atoms with van der Waals surface area (Å²) in [5.41, 5.74) is -0.00897. The Balaban J connectivity index is 2.21. The quantitative estimate of drug-likeness (QED) is 0.608. The highest BCUT2D eigenvalue weighted by Crippen LogP contribution is 2.38. The van der Waals surface area contributed by atoms with Gasteiger partial charge in [-0.3, -0.25) is 14.8 Å². The van der Waals surface area contributed by atoms with Gasteiger partial charge in [-0.15, -0.1) is 0 Å². The van der Waals surface area contributed by atoms with Gasteiger partial charge in [-0.2, -0.15) is 10.4 Å². The Kier molecular flexibility index (Phi) is 3.60. The van der Waals surface area contributed by atoms with E-state index in [4.69, 9.17) is 0 Å². The Labute approximate surface area is 105 Å². The van der Waals surface area contributed by atoms with Crippen molar-refractivity contribution in [2.24, 2.45) is 11.8 Å². The topological polar surface area (TPSA) is 84.8 Å². The van der Waals surface area contributed by atoms with Crippen LogP contribution in [0.2, 0.25) is 0 Å². The van der Waals surface area contributed by atoms with E-state index in [2.05, 4.69) is 18.1 Å². The van der Waals surface area contributed by atoms with Crippen LogP contribution < -0.4 is 0 Å². The zero-order valence-corrected chi connectivity index (χ0v) is 10.3. The van der Waals surface area contributed by atoms with Crippen LogP contribution in [0.5, 0.6) is 0 Å². The Morgan fingerprint density at radius 3 is 3.00 bits per heavy atom. The zero-order valence-electron chi connectivity index (χ0n) is 10.3. The van der Waals surface area contributed by atoms with Gasteiger partial charge in [0.25, 0.3) is 0 Å². The SMILES string of the molecule is CCC1CCC(C#N)C(n2cc([N+](=O)[O-])cn2)C1. The number of hydrogen-bond donors (Lipinski definition) is 0. The lowest BCUT2D eigenvalue weighted by molar-refractivity contribution is -0.385. The monoisotopic (exact) mass is 248 g/mol. The Morgan fingerprint density at radius 1 is 1.67 bits per heavy atom. The van der Waals surface area contributed by atoms with Crippen LogP contribution in [0.3, 0.4) is 0 Å². The maximum absolute atomic E-state index is 10.7. The van der Waals surface area contributed by atoms with Gasteiger partial charge in [0.05, 0.1) is 23.0 Å². The van der Waals surface area contributed by atoms with Crippen molar-refractivity contribution >= 4 is 5.69 Å². The smallest absolute Gasteiger partial charge is 0.261 e. The molecule has 0 aliphatic heterocycles. The molecule has 6 heteroatoms. The van der Waals surface area contributed by atoms with Crippen molar-refractivity contribution in [3.05, 3.63) is 22.5 Å². The van der Waals surface area contributed by atoms with Gasteiger partial charge in [-0.05, 0) is 25.2 Å². The van der Waals surface area contributed by atoms with Crippen molar-refractivity contribution in [3.63, 3.8) is 0 Å². The number of aromatic nitrogens is 2. The highest BCUT2D eigenvalue weighted by atomic mass is 16.6. The molecule has 0 aromatic carbocycles. The number of hydrogen-bond acceptors (Lipinski definition) is 4. The molecule has 1 heterocycles. The Bertz CT molecular complexity index is 477. The second kappa shape index (κ2) is 5.17. The molecule has 1 aliphatic rings. The van der Waals surface area contributed by atoms with E-state index in [0.29, 0.717) is 5.92 Å². The molecule has 18 heavy (non-hydrogen) atoms. The third kappa shape index (κ3) is 2.35. The summed E-state index contributed by atoms with van der Waals surface area (Å²) in [7, 11) is 0. The Hall–Kier alpha value is -1.90. The summed E-state index contributed by atoms with van der Waals surface area (Å²) in [5.74, 6) is 0.496. The molecular weight excluding hydrogens is 232 g/mol. The molecule has 6 nitrogen and oxygen atoms in total. The molecule has 3 unspecified atom stereocenters. The van der Waals surface area contributed by atoms with Gasteiger partial charge < -0.3 is 0 Å². The molecule has 0 radical (unpaired) electrons. The fourth-order valence-corrected chi connectivity index (χ4v) is 2.65. The molecule has 1 fully saturated rings. The molecule has 0 bridgehead atoms. The summed E-state index contributed by atoms with van der Waals surface area (Å²) in [6.07, 6.45) is 6.57. The van der Waals surface area contributed by atoms with Gasteiger partial charge in [0.1, 0.15) is 12.4 Å². The number of nitro groups is 1. The average molecular weight is 248 g/mol. The van der Waals surface area contributed by atoms with Crippen molar-refractivity contribution in [2.45, 2.75) is 38.6 Å². The number of rotatable bonds is 3. The van der Waals surface area contributed by atoms with Crippen LogP contribution in [0.15, 0.2) is 12.4 Å². The number of nitrogens with zero attached hydrogens (tertiary/aromatic N) is 4. The molecule has 1 aromatic heterocycles. The van der Waals surface area contributed by atoms with E-state index in [1.54, 1.807) is 4.68 Å². The van der Waals surface area contributed by atoms with Crippen molar-refractivity contribution in [2.75, 3.05) is 0 Å². The molecule has 0 spiro atoms. The lowest BCUT2D eigenvalue weighted by Crippen LogP contribution is -2.27. The first-order valence-electron chi connectivity index (χ1n) is 6.23. The summed E-state index contributed by atoms with van der Waals surface area (Å²) in [6, 6.07) is 2.28. The van der Waals surface area contributed by atoms with Crippen LogP contribution in [0, 0.1) is 33.3 Å². The first-order chi connectivity index (χ1) is 8.65. The van der Waals surface area contributed by atoms with Crippen LogP contribution in [0.1, 0.15) is 38.6 Å². The first kappa shape index (κ1) is 12.6. The summed E-state index contributed by atoms with van der Waals surface area (Å²) < 4.78 is 1.60. The molecule has 2 rings (SSSR count). The molecule has 0 N–H and O–H groups in total. The highest BCUT2D eigenvalue weighted by Gasteiger charge is 2.32. The molecular formula is C12H16N4O2. The Morgan fingerprint density at radius 2 is 2.44 bits per heavy atom. The fourth-order valence-electron chi connectivity index (χ4n) is 2.65. The maximum atomic E-state index is 10.7. The van der Waals surface area contributed by atoms with E-state index < -0.39 is 4.92 Å². The minimum absolute atomic E-state index is 0.00897. The van der Waals surface area contributed by atoms with E-state index in [0.717, 1.165) is 25.7 Å². The van der Waals surface area contributed by atoms with Gasteiger partial charge in [0, 0.05) is 0 Å². The van der Waals surface area contributed by atoms with E-state index in [1.165, 1.54) is 12.4 Å². The normalized spacial score (nSPS) is 27.7. The third-order valence-electron chi connectivity index (χ3n) is 3.81. The molecule has 3 atom stereocenters. The van der Waals surface area contributed by atoms with Crippen molar-refractivity contribution in [1.82, 2.24) is 9.78 Å². The van der Waals surface area contributed by atoms with Gasteiger partial charge >= 0.3 is 5.69 Å². The van der Waals surface area contributed by atoms with E-state index in [1.807, 2.05) is 0 Å². The van der Waals surface area contributed by atoms with Gasteiger partial charge in [-0.25, -0.2) is 0 Å². The largest absolute Gasteiger partial charge is 0.307 e. The van der Waals surface area contributed by atoms with E-state index >= 15 is 0 Å². The molecule has 0 amide bonds. The summed E-state index contributed by atoms with van der Waals surface area (Å²) in [4.78, 5) is 10.2.